The van der Waals surface area contributed by atoms with E-state index < -0.39 is 0 Å². The Balaban J connectivity index is 2.07. The van der Waals surface area contributed by atoms with Crippen LogP contribution in [0.1, 0.15) is 12.7 Å². The van der Waals surface area contributed by atoms with Gasteiger partial charge >= 0.3 is 0 Å². The Labute approximate surface area is 85.4 Å². The molecular formula is C11H19NO2. The fourth-order valence-corrected chi connectivity index (χ4v) is 1.37. The van der Waals surface area contributed by atoms with Crippen LogP contribution in [0.2, 0.25) is 0 Å². The molecule has 14 heavy (non-hydrogen) atoms. The molecule has 1 aromatic heterocycles. The van der Waals surface area contributed by atoms with E-state index in [4.69, 9.17) is 9.15 Å². The van der Waals surface area contributed by atoms with Crippen molar-refractivity contribution in [3.8, 4) is 0 Å². The van der Waals surface area contributed by atoms with Crippen molar-refractivity contribution in [1.29, 1.82) is 0 Å². The summed E-state index contributed by atoms with van der Waals surface area (Å²) in [5, 5.41) is 3.33. The maximum atomic E-state index is 5.28. The molecule has 0 fully saturated rings. The molecule has 0 amide bonds. The largest absolute Gasteiger partial charge is 0.469 e. The number of hydrogen-bond acceptors (Lipinski definition) is 3. The summed E-state index contributed by atoms with van der Waals surface area (Å²) in [7, 11) is 1.72. The molecule has 0 spiro atoms. The number of nitrogens with one attached hydrogen (secondary N) is 1. The van der Waals surface area contributed by atoms with Crippen LogP contribution in [-0.4, -0.2) is 26.8 Å². The van der Waals surface area contributed by atoms with Gasteiger partial charge in [-0.25, -0.2) is 0 Å². The van der Waals surface area contributed by atoms with Gasteiger partial charge in [-0.3, -0.25) is 0 Å². The molecule has 1 rings (SSSR count). The topological polar surface area (TPSA) is 34.4 Å². The average Bonchev–Trinajstić information content (AvgIpc) is 2.65. The van der Waals surface area contributed by atoms with E-state index in [2.05, 4.69) is 12.2 Å². The predicted molar refractivity (Wildman–Crippen MR) is 56.3 cm³/mol. The van der Waals surface area contributed by atoms with Crippen LogP contribution in [0.25, 0.3) is 0 Å². The first-order valence-electron chi connectivity index (χ1n) is 5.05. The van der Waals surface area contributed by atoms with Gasteiger partial charge in [-0.1, -0.05) is 6.92 Å². The van der Waals surface area contributed by atoms with Crippen molar-refractivity contribution in [3.05, 3.63) is 24.2 Å². The fraction of sp³-hybridized carbons (Fsp3) is 0.636. The van der Waals surface area contributed by atoms with Crippen molar-refractivity contribution in [2.75, 3.05) is 26.8 Å². The lowest BCUT2D eigenvalue weighted by molar-refractivity contribution is 0.198. The highest BCUT2D eigenvalue weighted by Crippen LogP contribution is 2.07. The van der Waals surface area contributed by atoms with Gasteiger partial charge in [0.25, 0.3) is 0 Å². The summed E-state index contributed by atoms with van der Waals surface area (Å²) in [5.74, 6) is 1.66. The summed E-state index contributed by atoms with van der Waals surface area (Å²) in [4.78, 5) is 0. The number of furan rings is 1. The Morgan fingerprint density at radius 2 is 2.43 bits per heavy atom. The molecule has 0 aliphatic rings. The number of ether oxygens (including phenoxy) is 1. The molecule has 0 aliphatic carbocycles. The minimum absolute atomic E-state index is 0.595. The van der Waals surface area contributed by atoms with E-state index in [1.165, 1.54) is 0 Å². The molecule has 1 aromatic rings. The van der Waals surface area contributed by atoms with Crippen LogP contribution >= 0.6 is 0 Å². The summed E-state index contributed by atoms with van der Waals surface area (Å²) in [5.41, 5.74) is 0. The second kappa shape index (κ2) is 6.62. The molecule has 0 bridgehead atoms. The third-order valence-electron chi connectivity index (χ3n) is 2.11. The molecule has 1 heterocycles. The van der Waals surface area contributed by atoms with Crippen molar-refractivity contribution in [1.82, 2.24) is 5.32 Å². The molecule has 80 valence electrons. The van der Waals surface area contributed by atoms with Gasteiger partial charge in [-0.15, -0.1) is 0 Å². The first-order valence-corrected chi connectivity index (χ1v) is 5.05. The molecule has 0 saturated carbocycles. The third kappa shape index (κ3) is 4.44. The van der Waals surface area contributed by atoms with Gasteiger partial charge in [0, 0.05) is 20.1 Å². The van der Waals surface area contributed by atoms with Gasteiger partial charge in [-0.2, -0.15) is 0 Å². The summed E-state index contributed by atoms with van der Waals surface area (Å²) < 4.78 is 10.2. The molecule has 0 aromatic carbocycles. The molecule has 3 heteroatoms. The van der Waals surface area contributed by atoms with Crippen molar-refractivity contribution < 1.29 is 9.15 Å². The molecule has 0 saturated heterocycles. The number of methoxy groups -OCH3 is 1. The van der Waals surface area contributed by atoms with E-state index in [-0.39, 0.29) is 0 Å². The highest BCUT2D eigenvalue weighted by Gasteiger charge is 2.04. The first kappa shape index (κ1) is 11.3. The Kier molecular flexibility index (Phi) is 5.33. The molecule has 0 aliphatic heterocycles. The normalized spacial score (nSPS) is 13.0. The van der Waals surface area contributed by atoms with Gasteiger partial charge < -0.3 is 14.5 Å². The maximum Gasteiger partial charge on any atom is 0.104 e. The zero-order valence-corrected chi connectivity index (χ0v) is 8.95. The van der Waals surface area contributed by atoms with E-state index in [1.807, 2.05) is 12.1 Å². The second-order valence-electron chi connectivity index (χ2n) is 3.59. The van der Waals surface area contributed by atoms with Crippen LogP contribution in [0.15, 0.2) is 22.8 Å². The van der Waals surface area contributed by atoms with E-state index >= 15 is 0 Å². The van der Waals surface area contributed by atoms with Gasteiger partial charge in [0.2, 0.25) is 0 Å². The van der Waals surface area contributed by atoms with E-state index in [0.717, 1.165) is 31.9 Å². The smallest absolute Gasteiger partial charge is 0.104 e. The molecule has 1 unspecified atom stereocenters. The second-order valence-corrected chi connectivity index (χ2v) is 3.59. The van der Waals surface area contributed by atoms with Crippen molar-refractivity contribution >= 4 is 0 Å². The van der Waals surface area contributed by atoms with E-state index in [1.54, 1.807) is 13.4 Å². The highest BCUT2D eigenvalue weighted by molar-refractivity contribution is 4.98. The zero-order valence-electron chi connectivity index (χ0n) is 8.95. The van der Waals surface area contributed by atoms with Crippen LogP contribution in [0.5, 0.6) is 0 Å². The zero-order chi connectivity index (χ0) is 10.2. The van der Waals surface area contributed by atoms with Crippen molar-refractivity contribution in [2.24, 2.45) is 5.92 Å². The fourth-order valence-electron chi connectivity index (χ4n) is 1.37. The van der Waals surface area contributed by atoms with Crippen LogP contribution in [0, 0.1) is 5.92 Å². The van der Waals surface area contributed by atoms with Gasteiger partial charge in [0.1, 0.15) is 5.76 Å². The lowest BCUT2D eigenvalue weighted by Gasteiger charge is -2.10. The van der Waals surface area contributed by atoms with Crippen molar-refractivity contribution in [3.63, 3.8) is 0 Å². The summed E-state index contributed by atoms with van der Waals surface area (Å²) in [6.45, 7) is 4.90. The van der Waals surface area contributed by atoms with Crippen LogP contribution in [-0.2, 0) is 11.2 Å². The lowest BCUT2D eigenvalue weighted by atomic mass is 10.1. The standard InChI is InChI=1S/C11H19NO2/c1-10(9-12-5-7-13-2)8-11-4-3-6-14-11/h3-4,6,10,12H,5,7-9H2,1-2H3. The Hall–Kier alpha value is -0.800. The van der Waals surface area contributed by atoms with Gasteiger partial charge in [-0.05, 0) is 24.6 Å². The quantitative estimate of drug-likeness (QED) is 0.675. The first-order chi connectivity index (χ1) is 6.83. The van der Waals surface area contributed by atoms with Gasteiger partial charge in [0.05, 0.1) is 12.9 Å². The predicted octanol–water partition coefficient (Wildman–Crippen LogP) is 1.69. The number of hydrogen-bond donors (Lipinski definition) is 1. The lowest BCUT2D eigenvalue weighted by Crippen LogP contribution is -2.25. The summed E-state index contributed by atoms with van der Waals surface area (Å²) in [6, 6.07) is 3.95. The molecule has 1 N–H and O–H groups in total. The van der Waals surface area contributed by atoms with Crippen LogP contribution in [0.3, 0.4) is 0 Å². The maximum absolute atomic E-state index is 5.28. The van der Waals surface area contributed by atoms with Gasteiger partial charge in [0.15, 0.2) is 0 Å². The highest BCUT2D eigenvalue weighted by atomic mass is 16.5. The molecular weight excluding hydrogens is 178 g/mol. The molecule has 0 radical (unpaired) electrons. The van der Waals surface area contributed by atoms with Crippen LogP contribution in [0.4, 0.5) is 0 Å². The minimum Gasteiger partial charge on any atom is -0.469 e. The van der Waals surface area contributed by atoms with Crippen LogP contribution < -0.4 is 5.32 Å². The number of rotatable bonds is 7. The minimum atomic E-state index is 0.595. The third-order valence-corrected chi connectivity index (χ3v) is 2.11. The monoisotopic (exact) mass is 197 g/mol. The SMILES string of the molecule is COCCNCC(C)Cc1ccco1. The van der Waals surface area contributed by atoms with E-state index in [9.17, 15) is 0 Å². The molecule has 3 nitrogen and oxygen atoms in total. The molecule has 1 atom stereocenters. The average molecular weight is 197 g/mol. The summed E-state index contributed by atoms with van der Waals surface area (Å²) >= 11 is 0. The Bertz CT molecular complexity index is 221. The Morgan fingerprint density at radius 1 is 1.57 bits per heavy atom. The van der Waals surface area contributed by atoms with Crippen molar-refractivity contribution in [2.45, 2.75) is 13.3 Å². The Morgan fingerprint density at radius 3 is 3.07 bits per heavy atom. The summed E-state index contributed by atoms with van der Waals surface area (Å²) in [6.07, 6.45) is 2.72. The van der Waals surface area contributed by atoms with E-state index in [0.29, 0.717) is 5.92 Å².